The summed E-state index contributed by atoms with van der Waals surface area (Å²) >= 11 is 0. The first-order valence-electron chi connectivity index (χ1n) is 9.36. The number of piperazine rings is 1. The lowest BCUT2D eigenvalue weighted by atomic mass is 10.2. The lowest BCUT2D eigenvalue weighted by Crippen LogP contribution is -2.51. The molecule has 26 heavy (non-hydrogen) atoms. The third-order valence-electron chi connectivity index (χ3n) is 5.36. The number of rotatable bonds is 6. The third kappa shape index (κ3) is 4.45. The van der Waals surface area contributed by atoms with Crippen LogP contribution in [-0.2, 0) is 14.8 Å². The summed E-state index contributed by atoms with van der Waals surface area (Å²) in [5, 5.41) is 3.06. The number of carbonyl (C=O) groups is 1. The Balaban J connectivity index is 1.54. The molecule has 6 nitrogen and oxygen atoms in total. The van der Waals surface area contributed by atoms with Gasteiger partial charge in [0.15, 0.2) is 0 Å². The van der Waals surface area contributed by atoms with Gasteiger partial charge in [0, 0.05) is 32.2 Å². The Morgan fingerprint density at radius 3 is 2.42 bits per heavy atom. The second kappa shape index (κ2) is 7.66. The molecule has 0 unspecified atom stereocenters. The van der Waals surface area contributed by atoms with Crippen molar-refractivity contribution in [1.29, 1.82) is 0 Å². The summed E-state index contributed by atoms with van der Waals surface area (Å²) < 4.78 is 27.3. The van der Waals surface area contributed by atoms with Crippen LogP contribution in [0.2, 0.25) is 0 Å². The van der Waals surface area contributed by atoms with Crippen molar-refractivity contribution in [3.05, 3.63) is 29.3 Å². The minimum absolute atomic E-state index is 0.0371. The molecule has 1 heterocycles. The lowest BCUT2D eigenvalue weighted by molar-refractivity contribution is -0.123. The molecule has 1 aliphatic carbocycles. The summed E-state index contributed by atoms with van der Waals surface area (Å²) in [6, 6.07) is 5.67. The summed E-state index contributed by atoms with van der Waals surface area (Å²) in [5.74, 6) is 0.675. The van der Waals surface area contributed by atoms with Gasteiger partial charge in [-0.2, -0.15) is 4.31 Å². The molecule has 1 N–H and O–H groups in total. The number of hydrogen-bond donors (Lipinski definition) is 1. The Morgan fingerprint density at radius 2 is 1.85 bits per heavy atom. The molecule has 0 aromatic heterocycles. The highest BCUT2D eigenvalue weighted by Crippen LogP contribution is 2.32. The van der Waals surface area contributed by atoms with Crippen molar-refractivity contribution in [2.45, 2.75) is 44.6 Å². The zero-order valence-electron chi connectivity index (χ0n) is 15.9. The van der Waals surface area contributed by atoms with Gasteiger partial charge in [0.25, 0.3) is 0 Å². The summed E-state index contributed by atoms with van der Waals surface area (Å²) in [6.45, 7) is 8.18. The van der Waals surface area contributed by atoms with Crippen LogP contribution in [0.3, 0.4) is 0 Å². The minimum atomic E-state index is -3.48. The van der Waals surface area contributed by atoms with Gasteiger partial charge >= 0.3 is 0 Å². The minimum Gasteiger partial charge on any atom is -0.352 e. The van der Waals surface area contributed by atoms with Crippen molar-refractivity contribution < 1.29 is 13.2 Å². The first kappa shape index (κ1) is 19.3. The largest absolute Gasteiger partial charge is 0.352 e. The fourth-order valence-electron chi connectivity index (χ4n) is 3.57. The number of hydrogen-bond acceptors (Lipinski definition) is 4. The van der Waals surface area contributed by atoms with Crippen molar-refractivity contribution in [2.75, 3.05) is 32.7 Å². The topological polar surface area (TPSA) is 69.7 Å². The molecule has 0 radical (unpaired) electrons. The highest BCUT2D eigenvalue weighted by Gasteiger charge is 2.31. The van der Waals surface area contributed by atoms with E-state index in [1.54, 1.807) is 6.07 Å². The van der Waals surface area contributed by atoms with E-state index in [-0.39, 0.29) is 11.9 Å². The van der Waals surface area contributed by atoms with Gasteiger partial charge < -0.3 is 5.32 Å². The Bertz CT molecular complexity index is 766. The van der Waals surface area contributed by atoms with Gasteiger partial charge in [-0.1, -0.05) is 17.7 Å². The van der Waals surface area contributed by atoms with Crippen LogP contribution in [0.4, 0.5) is 0 Å². The second-order valence-corrected chi connectivity index (χ2v) is 9.55. The molecular formula is C19H29N3O3S. The fraction of sp³-hybridized carbons (Fsp3) is 0.632. The van der Waals surface area contributed by atoms with Crippen LogP contribution < -0.4 is 5.32 Å². The summed E-state index contributed by atoms with van der Waals surface area (Å²) in [7, 11) is -3.48. The van der Waals surface area contributed by atoms with E-state index >= 15 is 0 Å². The van der Waals surface area contributed by atoms with E-state index in [1.807, 2.05) is 30.9 Å². The third-order valence-corrected chi connectivity index (χ3v) is 7.42. The maximum atomic E-state index is 12.9. The molecule has 1 aromatic carbocycles. The van der Waals surface area contributed by atoms with Crippen molar-refractivity contribution in [1.82, 2.24) is 14.5 Å². The average Bonchev–Trinajstić information content (AvgIpc) is 3.39. The van der Waals surface area contributed by atoms with Crippen LogP contribution in [0.15, 0.2) is 23.1 Å². The van der Waals surface area contributed by atoms with E-state index in [0.717, 1.165) is 11.1 Å². The van der Waals surface area contributed by atoms with E-state index in [1.165, 1.54) is 17.1 Å². The zero-order chi connectivity index (χ0) is 18.9. The summed E-state index contributed by atoms with van der Waals surface area (Å²) in [6.07, 6.45) is 2.41. The van der Waals surface area contributed by atoms with Crippen LogP contribution >= 0.6 is 0 Å². The molecule has 1 saturated heterocycles. The Morgan fingerprint density at radius 1 is 1.19 bits per heavy atom. The lowest BCUT2D eigenvalue weighted by Gasteiger charge is -2.34. The highest BCUT2D eigenvalue weighted by molar-refractivity contribution is 7.89. The first-order valence-corrected chi connectivity index (χ1v) is 10.8. The van der Waals surface area contributed by atoms with E-state index in [2.05, 4.69) is 12.2 Å². The standard InChI is InChI=1S/C19H29N3O3S/c1-14-4-7-18(15(2)12-14)26(24,25)22-10-8-21(9-11-22)13-19(23)20-16(3)17-5-6-17/h4,7,12,16-17H,5-6,8-11,13H2,1-3H3,(H,20,23)/t16-/m1/s1. The number of carbonyl (C=O) groups excluding carboxylic acids is 1. The van der Waals surface area contributed by atoms with Crippen LogP contribution in [0.5, 0.6) is 0 Å². The van der Waals surface area contributed by atoms with Gasteiger partial charge in [-0.05, 0) is 51.2 Å². The molecule has 1 saturated carbocycles. The van der Waals surface area contributed by atoms with Gasteiger partial charge in [-0.15, -0.1) is 0 Å². The summed E-state index contributed by atoms with van der Waals surface area (Å²) in [4.78, 5) is 14.6. The number of nitrogens with one attached hydrogen (secondary N) is 1. The molecule has 3 rings (SSSR count). The van der Waals surface area contributed by atoms with Gasteiger partial charge in [0.05, 0.1) is 11.4 Å². The maximum Gasteiger partial charge on any atom is 0.243 e. The highest BCUT2D eigenvalue weighted by atomic mass is 32.2. The number of benzene rings is 1. The molecular weight excluding hydrogens is 350 g/mol. The molecule has 1 atom stereocenters. The molecule has 1 amide bonds. The van der Waals surface area contributed by atoms with Crippen molar-refractivity contribution in [3.63, 3.8) is 0 Å². The summed E-state index contributed by atoms with van der Waals surface area (Å²) in [5.41, 5.74) is 1.83. The quantitative estimate of drug-likeness (QED) is 0.814. The van der Waals surface area contributed by atoms with Crippen molar-refractivity contribution in [2.24, 2.45) is 5.92 Å². The first-order chi connectivity index (χ1) is 12.3. The maximum absolute atomic E-state index is 12.9. The predicted molar refractivity (Wildman–Crippen MR) is 101 cm³/mol. The van der Waals surface area contributed by atoms with E-state index < -0.39 is 10.0 Å². The van der Waals surface area contributed by atoms with E-state index in [4.69, 9.17) is 0 Å². The van der Waals surface area contributed by atoms with Crippen molar-refractivity contribution >= 4 is 15.9 Å². The van der Waals surface area contributed by atoms with Gasteiger partial charge in [-0.3, -0.25) is 9.69 Å². The SMILES string of the molecule is Cc1ccc(S(=O)(=O)N2CCN(CC(=O)N[C@H](C)C3CC3)CC2)c(C)c1. The Labute approximate surface area is 156 Å². The van der Waals surface area contributed by atoms with Crippen LogP contribution in [0, 0.1) is 19.8 Å². The molecule has 144 valence electrons. The number of sulfonamides is 1. The van der Waals surface area contributed by atoms with Crippen LogP contribution in [0.1, 0.15) is 30.9 Å². The number of aryl methyl sites for hydroxylation is 2. The Hall–Kier alpha value is -1.44. The van der Waals surface area contributed by atoms with Crippen LogP contribution in [-0.4, -0.2) is 62.3 Å². The monoisotopic (exact) mass is 379 g/mol. The molecule has 2 fully saturated rings. The average molecular weight is 380 g/mol. The van der Waals surface area contributed by atoms with Crippen molar-refractivity contribution in [3.8, 4) is 0 Å². The van der Waals surface area contributed by atoms with Gasteiger partial charge in [-0.25, -0.2) is 8.42 Å². The zero-order valence-corrected chi connectivity index (χ0v) is 16.7. The van der Waals surface area contributed by atoms with Gasteiger partial charge in [0.1, 0.15) is 0 Å². The second-order valence-electron chi connectivity index (χ2n) is 7.64. The van der Waals surface area contributed by atoms with Crippen LogP contribution in [0.25, 0.3) is 0 Å². The molecule has 7 heteroatoms. The number of amides is 1. The normalized spacial score (nSPS) is 20.7. The molecule has 1 aliphatic heterocycles. The Kier molecular flexibility index (Phi) is 5.69. The van der Waals surface area contributed by atoms with E-state index in [9.17, 15) is 13.2 Å². The molecule has 0 spiro atoms. The smallest absolute Gasteiger partial charge is 0.243 e. The predicted octanol–water partition coefficient (Wildman–Crippen LogP) is 1.52. The molecule has 1 aromatic rings. The molecule has 0 bridgehead atoms. The van der Waals surface area contributed by atoms with Gasteiger partial charge in [0.2, 0.25) is 15.9 Å². The fourth-order valence-corrected chi connectivity index (χ4v) is 5.20. The van der Waals surface area contributed by atoms with E-state index in [0.29, 0.717) is 43.5 Å². The molecule has 2 aliphatic rings. The number of nitrogens with zero attached hydrogens (tertiary/aromatic N) is 2.